The summed E-state index contributed by atoms with van der Waals surface area (Å²) in [4.78, 5) is 20.0. The summed E-state index contributed by atoms with van der Waals surface area (Å²) >= 11 is 0. The normalized spacial score (nSPS) is 12.4. The number of rotatable bonds is 22. The van der Waals surface area contributed by atoms with Crippen molar-refractivity contribution in [3.05, 3.63) is 167 Å². The van der Waals surface area contributed by atoms with E-state index >= 15 is 0 Å². The highest BCUT2D eigenvalue weighted by atomic mass is 16.5. The Kier molecular flexibility index (Phi) is 16.1. The lowest BCUT2D eigenvalue weighted by Gasteiger charge is -2.25. The van der Waals surface area contributed by atoms with Crippen molar-refractivity contribution < 1.29 is 4.74 Å². The molecule has 2 aromatic heterocycles. The second kappa shape index (κ2) is 22.1. The fourth-order valence-corrected chi connectivity index (χ4v) is 7.34. The molecule has 0 saturated heterocycles. The monoisotopic (exact) mass is 758 g/mol. The van der Waals surface area contributed by atoms with E-state index in [4.69, 9.17) is 24.7 Å². The molecule has 0 spiro atoms. The highest BCUT2D eigenvalue weighted by Crippen LogP contribution is 2.36. The lowest BCUT2D eigenvalue weighted by Crippen LogP contribution is -2.16. The third-order valence-electron chi connectivity index (χ3n) is 11.0. The van der Waals surface area contributed by atoms with E-state index in [2.05, 4.69) is 125 Å². The molecule has 0 aliphatic carbocycles. The van der Waals surface area contributed by atoms with E-state index in [1.807, 2.05) is 24.8 Å². The summed E-state index contributed by atoms with van der Waals surface area (Å²) in [7, 11) is 0. The van der Waals surface area contributed by atoms with Gasteiger partial charge in [0, 0.05) is 11.1 Å². The van der Waals surface area contributed by atoms with Gasteiger partial charge in [0.1, 0.15) is 12.2 Å². The lowest BCUT2D eigenvalue weighted by atomic mass is 9.99. The molecule has 0 aliphatic rings. The molecular formula is C52H62N4O. The van der Waals surface area contributed by atoms with Crippen molar-refractivity contribution in [1.29, 1.82) is 0 Å². The zero-order chi connectivity index (χ0) is 39.7. The predicted octanol–water partition coefficient (Wildman–Crippen LogP) is 13.6. The van der Waals surface area contributed by atoms with Crippen molar-refractivity contribution in [3.8, 4) is 22.5 Å². The molecule has 0 N–H and O–H groups in total. The molecule has 0 saturated carbocycles. The zero-order valence-electron chi connectivity index (χ0n) is 34.8. The number of aryl methyl sites for hydroxylation is 4. The predicted molar refractivity (Wildman–Crippen MR) is 236 cm³/mol. The minimum Gasteiger partial charge on any atom is -0.353 e. The molecule has 0 radical (unpaired) electrons. The molecule has 2 heterocycles. The Morgan fingerprint density at radius 3 is 1.02 bits per heavy atom. The first-order valence-corrected chi connectivity index (χ1v) is 21.7. The number of aromatic nitrogens is 4. The average Bonchev–Trinajstić information content (AvgIpc) is 3.27. The number of benzene rings is 4. The lowest BCUT2D eigenvalue weighted by molar-refractivity contribution is 0.0258. The molecule has 2 unspecified atom stereocenters. The van der Waals surface area contributed by atoms with Crippen LogP contribution in [0.4, 0.5) is 0 Å². The van der Waals surface area contributed by atoms with E-state index in [1.54, 1.807) is 0 Å². The quantitative estimate of drug-likeness (QED) is 0.0645. The zero-order valence-corrected chi connectivity index (χ0v) is 34.8. The van der Waals surface area contributed by atoms with Crippen LogP contribution in [-0.4, -0.2) is 19.9 Å². The minimum atomic E-state index is -0.487. The first-order chi connectivity index (χ1) is 28.1. The third-order valence-corrected chi connectivity index (χ3v) is 11.0. The van der Waals surface area contributed by atoms with Gasteiger partial charge in [-0.15, -0.1) is 0 Å². The topological polar surface area (TPSA) is 60.8 Å². The molecular weight excluding hydrogens is 697 g/mol. The van der Waals surface area contributed by atoms with E-state index in [-0.39, 0.29) is 0 Å². The first kappa shape index (κ1) is 41.6. The van der Waals surface area contributed by atoms with Crippen LogP contribution in [0.3, 0.4) is 0 Å². The van der Waals surface area contributed by atoms with Gasteiger partial charge in [-0.05, 0) is 84.7 Å². The summed E-state index contributed by atoms with van der Waals surface area (Å²) in [5, 5.41) is 0. The van der Waals surface area contributed by atoms with Crippen LogP contribution in [0.15, 0.2) is 122 Å². The maximum absolute atomic E-state index is 7.25. The molecule has 4 aromatic carbocycles. The molecule has 6 aromatic rings. The summed E-state index contributed by atoms with van der Waals surface area (Å²) < 4.78 is 7.25. The van der Waals surface area contributed by atoms with Crippen molar-refractivity contribution in [1.82, 2.24) is 19.9 Å². The fourth-order valence-electron chi connectivity index (χ4n) is 7.34. The van der Waals surface area contributed by atoms with Crippen LogP contribution in [0, 0.1) is 0 Å². The summed E-state index contributed by atoms with van der Waals surface area (Å²) in [6.07, 6.45) is 23.0. The minimum absolute atomic E-state index is 0.487. The van der Waals surface area contributed by atoms with Crippen LogP contribution < -0.4 is 0 Å². The standard InChI is InChI=1S/C52H62N4O/c1-5-9-13-17-41-19-27-43(28-20-41)47-35-55-49(37-53-47)51(45-31-23-39(24-32-45)15-11-7-3)57-52(46-33-25-40(26-34-46)16-12-8-4)50-38-54-48(36-56-50)44-29-21-42(22-30-44)18-14-10-6-2/h19-38,51-52H,5-18H2,1-4H3. The van der Waals surface area contributed by atoms with Gasteiger partial charge in [-0.25, -0.2) is 0 Å². The average molecular weight is 759 g/mol. The van der Waals surface area contributed by atoms with Gasteiger partial charge in [0.25, 0.3) is 0 Å². The fraction of sp³-hybridized carbons (Fsp3) is 0.385. The van der Waals surface area contributed by atoms with Gasteiger partial charge < -0.3 is 4.74 Å². The maximum Gasteiger partial charge on any atom is 0.127 e. The Labute approximate surface area is 342 Å². The van der Waals surface area contributed by atoms with Crippen LogP contribution in [0.2, 0.25) is 0 Å². The Morgan fingerprint density at radius 1 is 0.368 bits per heavy atom. The van der Waals surface area contributed by atoms with E-state index in [9.17, 15) is 0 Å². The van der Waals surface area contributed by atoms with Gasteiger partial charge in [-0.1, -0.05) is 163 Å². The Morgan fingerprint density at radius 2 is 0.702 bits per heavy atom. The van der Waals surface area contributed by atoms with Gasteiger partial charge >= 0.3 is 0 Å². The van der Waals surface area contributed by atoms with E-state index < -0.39 is 12.2 Å². The summed E-state index contributed by atoms with van der Waals surface area (Å²) in [6.45, 7) is 8.96. The molecule has 0 aliphatic heterocycles. The second-order valence-electron chi connectivity index (χ2n) is 15.5. The number of nitrogens with zero attached hydrogens (tertiary/aromatic N) is 4. The maximum atomic E-state index is 7.25. The van der Waals surface area contributed by atoms with Crippen molar-refractivity contribution in [2.45, 2.75) is 130 Å². The van der Waals surface area contributed by atoms with Gasteiger partial charge in [-0.3, -0.25) is 19.9 Å². The highest BCUT2D eigenvalue weighted by molar-refractivity contribution is 5.59. The van der Waals surface area contributed by atoms with Crippen molar-refractivity contribution in [2.75, 3.05) is 0 Å². The van der Waals surface area contributed by atoms with Gasteiger partial charge in [0.05, 0.1) is 47.6 Å². The van der Waals surface area contributed by atoms with E-state index in [0.717, 1.165) is 70.7 Å². The highest BCUT2D eigenvalue weighted by Gasteiger charge is 2.26. The SMILES string of the molecule is CCCCCc1ccc(-c2cnc(C(OC(c3ccc(CCCC)cc3)c3cnc(-c4ccc(CCCCC)cc4)cn3)c3ccc(CCCC)cc3)cn2)cc1. The molecule has 5 nitrogen and oxygen atoms in total. The van der Waals surface area contributed by atoms with Crippen LogP contribution in [0.1, 0.15) is 149 Å². The number of hydrogen-bond acceptors (Lipinski definition) is 5. The van der Waals surface area contributed by atoms with Crippen molar-refractivity contribution in [3.63, 3.8) is 0 Å². The molecule has 2 atom stereocenters. The Bertz CT molecular complexity index is 1870. The number of hydrogen-bond donors (Lipinski definition) is 0. The van der Waals surface area contributed by atoms with Gasteiger partial charge in [-0.2, -0.15) is 0 Å². The molecule has 296 valence electrons. The van der Waals surface area contributed by atoms with Crippen LogP contribution in [0.5, 0.6) is 0 Å². The first-order valence-electron chi connectivity index (χ1n) is 21.7. The number of ether oxygens (including phenoxy) is 1. The molecule has 0 bridgehead atoms. The van der Waals surface area contributed by atoms with E-state index in [0.29, 0.717) is 0 Å². The summed E-state index contributed by atoms with van der Waals surface area (Å²) in [5.41, 5.74) is 12.8. The van der Waals surface area contributed by atoms with Gasteiger partial charge in [0.15, 0.2) is 0 Å². The molecule has 5 heteroatoms. The van der Waals surface area contributed by atoms with E-state index in [1.165, 1.54) is 86.5 Å². The van der Waals surface area contributed by atoms with Crippen molar-refractivity contribution >= 4 is 0 Å². The van der Waals surface area contributed by atoms with Crippen LogP contribution in [-0.2, 0) is 30.4 Å². The smallest absolute Gasteiger partial charge is 0.127 e. The van der Waals surface area contributed by atoms with Crippen LogP contribution in [0.25, 0.3) is 22.5 Å². The Balaban J connectivity index is 1.32. The largest absolute Gasteiger partial charge is 0.353 e. The third kappa shape index (κ3) is 12.0. The van der Waals surface area contributed by atoms with Crippen molar-refractivity contribution in [2.24, 2.45) is 0 Å². The Hall–Kier alpha value is -5.00. The second-order valence-corrected chi connectivity index (χ2v) is 15.5. The molecule has 6 rings (SSSR count). The molecule has 0 amide bonds. The van der Waals surface area contributed by atoms with Crippen LogP contribution >= 0.6 is 0 Å². The summed E-state index contributed by atoms with van der Waals surface area (Å²) in [5.74, 6) is 0. The molecule has 0 fully saturated rings. The summed E-state index contributed by atoms with van der Waals surface area (Å²) in [6, 6.07) is 35.2. The van der Waals surface area contributed by atoms with Gasteiger partial charge in [0.2, 0.25) is 0 Å². The number of unbranched alkanes of at least 4 members (excludes halogenated alkanes) is 6. The molecule has 57 heavy (non-hydrogen) atoms.